The maximum atomic E-state index is 13.6. The summed E-state index contributed by atoms with van der Waals surface area (Å²) in [7, 11) is 1.49. The Morgan fingerprint density at radius 1 is 1.28 bits per heavy atom. The molecule has 1 unspecified atom stereocenters. The maximum absolute atomic E-state index is 13.6. The second kappa shape index (κ2) is 6.29. The summed E-state index contributed by atoms with van der Waals surface area (Å²) in [5, 5.41) is 4.93. The minimum atomic E-state index is -4.83. The average Bonchev–Trinajstić information content (AvgIpc) is 3.00. The predicted molar refractivity (Wildman–Crippen MR) is 89.4 cm³/mol. The highest BCUT2D eigenvalue weighted by atomic mass is 19.4. The Hall–Kier alpha value is -3.44. The Kier molecular flexibility index (Phi) is 4.10. The van der Waals surface area contributed by atoms with Gasteiger partial charge in [-0.1, -0.05) is 0 Å². The van der Waals surface area contributed by atoms with Crippen LogP contribution in [-0.4, -0.2) is 45.8 Å². The topological polar surface area (TPSA) is 96.3 Å². The first-order valence-corrected chi connectivity index (χ1v) is 8.39. The van der Waals surface area contributed by atoms with Crippen molar-refractivity contribution in [2.45, 2.75) is 18.8 Å². The van der Waals surface area contributed by atoms with Crippen molar-refractivity contribution in [3.8, 4) is 0 Å². The van der Waals surface area contributed by atoms with Gasteiger partial charge in [0, 0.05) is 12.6 Å². The highest BCUT2D eigenvalue weighted by Crippen LogP contribution is 2.32. The van der Waals surface area contributed by atoms with Gasteiger partial charge in [-0.3, -0.25) is 14.4 Å². The molecule has 12 heteroatoms. The summed E-state index contributed by atoms with van der Waals surface area (Å²) in [4.78, 5) is 42.3. The number of halogens is 4. The lowest BCUT2D eigenvalue weighted by Gasteiger charge is -2.34. The lowest BCUT2D eigenvalue weighted by molar-refractivity contribution is -0.137. The molecular weight excluding hydrogens is 398 g/mol. The van der Waals surface area contributed by atoms with E-state index in [9.17, 15) is 31.9 Å². The molecule has 2 N–H and O–H groups in total. The van der Waals surface area contributed by atoms with Gasteiger partial charge in [-0.25, -0.2) is 9.37 Å². The molecule has 3 heterocycles. The van der Waals surface area contributed by atoms with Crippen LogP contribution in [0.2, 0.25) is 0 Å². The number of rotatable bonds is 2. The zero-order chi connectivity index (χ0) is 21.1. The van der Waals surface area contributed by atoms with E-state index in [4.69, 9.17) is 0 Å². The standard InChI is InChI=1S/C17H13F4N5O3/c1-25-6-11-15(28)22-5-10-12(23-13(16(25)29)26(10)11)24-14(27)7-2-8(17(19,20)21)4-9(18)3-7/h2-4,11H,5-6H2,1H3,(H,22,28)(H,24,27). The molecule has 2 aliphatic rings. The van der Waals surface area contributed by atoms with E-state index in [0.717, 1.165) is 0 Å². The minimum absolute atomic E-state index is 0.0358. The summed E-state index contributed by atoms with van der Waals surface area (Å²) >= 11 is 0. The average molecular weight is 411 g/mol. The van der Waals surface area contributed by atoms with Crippen molar-refractivity contribution in [3.63, 3.8) is 0 Å². The zero-order valence-corrected chi connectivity index (χ0v) is 14.8. The molecule has 0 saturated carbocycles. The Bertz CT molecular complexity index is 1060. The third kappa shape index (κ3) is 3.09. The van der Waals surface area contributed by atoms with Crippen molar-refractivity contribution in [2.24, 2.45) is 0 Å². The Morgan fingerprint density at radius 3 is 2.69 bits per heavy atom. The number of hydrogen-bond acceptors (Lipinski definition) is 4. The molecule has 0 spiro atoms. The van der Waals surface area contributed by atoms with Gasteiger partial charge in [0.25, 0.3) is 11.8 Å². The van der Waals surface area contributed by atoms with Crippen molar-refractivity contribution in [1.82, 2.24) is 19.8 Å². The van der Waals surface area contributed by atoms with E-state index in [-0.39, 0.29) is 36.7 Å². The quantitative estimate of drug-likeness (QED) is 0.733. The molecule has 0 radical (unpaired) electrons. The number of benzene rings is 1. The van der Waals surface area contributed by atoms with Gasteiger partial charge in [-0.05, 0) is 18.2 Å². The number of hydrogen-bond donors (Lipinski definition) is 2. The highest BCUT2D eigenvalue weighted by Gasteiger charge is 2.41. The van der Waals surface area contributed by atoms with E-state index in [1.807, 2.05) is 0 Å². The smallest absolute Gasteiger partial charge is 0.349 e. The minimum Gasteiger partial charge on any atom is -0.349 e. The number of carbonyl (C=O) groups excluding carboxylic acids is 3. The van der Waals surface area contributed by atoms with Gasteiger partial charge in [0.2, 0.25) is 11.7 Å². The van der Waals surface area contributed by atoms with Gasteiger partial charge in [0.05, 0.1) is 24.3 Å². The van der Waals surface area contributed by atoms with Crippen LogP contribution in [0.25, 0.3) is 0 Å². The van der Waals surface area contributed by atoms with Gasteiger partial charge in [0.1, 0.15) is 11.9 Å². The van der Waals surface area contributed by atoms with E-state index in [1.54, 1.807) is 0 Å². The Morgan fingerprint density at radius 2 is 2.00 bits per heavy atom. The molecule has 2 aliphatic heterocycles. The zero-order valence-electron chi connectivity index (χ0n) is 14.8. The van der Waals surface area contributed by atoms with E-state index in [2.05, 4.69) is 15.6 Å². The third-order valence-corrected chi connectivity index (χ3v) is 4.76. The number of carbonyl (C=O) groups is 3. The number of nitrogens with one attached hydrogen (secondary N) is 2. The fourth-order valence-electron chi connectivity index (χ4n) is 3.37. The molecule has 29 heavy (non-hydrogen) atoms. The SMILES string of the molecule is CN1CC2C(=O)NCc3c(NC(=O)c4cc(F)cc(C(F)(F)F)c4)nc(n32)C1=O. The number of aromatic nitrogens is 2. The molecule has 0 aliphatic carbocycles. The number of anilines is 1. The molecule has 4 rings (SSSR count). The number of alkyl halides is 3. The van der Waals surface area contributed by atoms with E-state index < -0.39 is 41.0 Å². The lowest BCUT2D eigenvalue weighted by Crippen LogP contribution is -2.50. The van der Waals surface area contributed by atoms with Crippen LogP contribution >= 0.6 is 0 Å². The maximum Gasteiger partial charge on any atom is 0.416 e. The molecule has 0 fully saturated rings. The van der Waals surface area contributed by atoms with Crippen LogP contribution in [0.15, 0.2) is 18.2 Å². The normalized spacial score (nSPS) is 18.4. The summed E-state index contributed by atoms with van der Waals surface area (Å²) in [5.74, 6) is -3.21. The van der Waals surface area contributed by atoms with Crippen molar-refractivity contribution in [1.29, 1.82) is 0 Å². The first-order chi connectivity index (χ1) is 13.6. The van der Waals surface area contributed by atoms with Gasteiger partial charge < -0.3 is 20.1 Å². The molecular formula is C17H13F4N5O3. The van der Waals surface area contributed by atoms with Crippen LogP contribution in [0, 0.1) is 5.82 Å². The molecule has 3 amide bonds. The Balaban J connectivity index is 1.71. The van der Waals surface area contributed by atoms with Gasteiger partial charge in [0.15, 0.2) is 5.82 Å². The lowest BCUT2D eigenvalue weighted by atomic mass is 10.1. The first kappa shape index (κ1) is 18.9. The second-order valence-corrected chi connectivity index (χ2v) is 6.70. The Labute approximate surface area is 160 Å². The number of amides is 3. The highest BCUT2D eigenvalue weighted by molar-refractivity contribution is 6.05. The van der Waals surface area contributed by atoms with Crippen LogP contribution in [-0.2, 0) is 17.5 Å². The van der Waals surface area contributed by atoms with Crippen LogP contribution in [0.3, 0.4) is 0 Å². The summed E-state index contributed by atoms with van der Waals surface area (Å²) in [6, 6.07) is 0.726. The fourth-order valence-corrected chi connectivity index (χ4v) is 3.37. The molecule has 0 bridgehead atoms. The molecule has 1 atom stereocenters. The summed E-state index contributed by atoms with van der Waals surface area (Å²) < 4.78 is 53.6. The van der Waals surface area contributed by atoms with Crippen LogP contribution < -0.4 is 10.6 Å². The fraction of sp³-hybridized carbons (Fsp3) is 0.294. The van der Waals surface area contributed by atoms with Gasteiger partial charge in [-0.15, -0.1) is 0 Å². The number of nitrogens with zero attached hydrogens (tertiary/aromatic N) is 3. The van der Waals surface area contributed by atoms with Crippen molar-refractivity contribution in [2.75, 3.05) is 18.9 Å². The van der Waals surface area contributed by atoms with Gasteiger partial charge in [-0.2, -0.15) is 13.2 Å². The molecule has 1 aromatic heterocycles. The van der Waals surface area contributed by atoms with E-state index in [1.165, 1.54) is 16.5 Å². The largest absolute Gasteiger partial charge is 0.416 e. The van der Waals surface area contributed by atoms with Crippen LogP contribution in [0.1, 0.15) is 38.3 Å². The van der Waals surface area contributed by atoms with E-state index in [0.29, 0.717) is 17.8 Å². The summed E-state index contributed by atoms with van der Waals surface area (Å²) in [5.41, 5.74) is -1.54. The van der Waals surface area contributed by atoms with Crippen molar-refractivity contribution in [3.05, 3.63) is 46.7 Å². The van der Waals surface area contributed by atoms with Crippen molar-refractivity contribution >= 4 is 23.5 Å². The van der Waals surface area contributed by atoms with Crippen LogP contribution in [0.4, 0.5) is 23.4 Å². The number of imidazole rings is 1. The first-order valence-electron chi connectivity index (χ1n) is 8.39. The molecule has 1 aromatic carbocycles. The van der Waals surface area contributed by atoms with Crippen molar-refractivity contribution < 1.29 is 31.9 Å². The molecule has 152 valence electrons. The summed E-state index contributed by atoms with van der Waals surface area (Å²) in [6.07, 6.45) is -4.83. The monoisotopic (exact) mass is 411 g/mol. The summed E-state index contributed by atoms with van der Waals surface area (Å²) in [6.45, 7) is 0.0686. The number of likely N-dealkylation sites (N-methyl/N-ethyl adjacent to an activating group) is 1. The van der Waals surface area contributed by atoms with Crippen LogP contribution in [0.5, 0.6) is 0 Å². The molecule has 2 aromatic rings. The predicted octanol–water partition coefficient (Wildman–Crippen LogP) is 1.55. The molecule has 0 saturated heterocycles. The third-order valence-electron chi connectivity index (χ3n) is 4.76. The second-order valence-electron chi connectivity index (χ2n) is 6.70. The molecule has 8 nitrogen and oxygen atoms in total. The van der Waals surface area contributed by atoms with Gasteiger partial charge >= 0.3 is 6.18 Å². The van der Waals surface area contributed by atoms with E-state index >= 15 is 0 Å².